The Kier molecular flexibility index (Phi) is 6.53. The van der Waals surface area contributed by atoms with Crippen LogP contribution in [0, 0.1) is 0 Å². The number of aliphatic imine (C=N–C) groups is 1. The van der Waals surface area contributed by atoms with E-state index in [4.69, 9.17) is 10.5 Å². The van der Waals surface area contributed by atoms with E-state index in [9.17, 15) is 23.1 Å². The number of nitrogens with two attached hydrogens (primary N) is 1. The van der Waals surface area contributed by atoms with Gasteiger partial charge in [-0.15, -0.1) is 0 Å². The lowest BCUT2D eigenvalue weighted by atomic mass is 10.1. The number of rotatable bonds is 7. The molecule has 0 fully saturated rings. The predicted molar refractivity (Wildman–Crippen MR) is 92.8 cm³/mol. The van der Waals surface area contributed by atoms with Crippen LogP contribution < -0.4 is 10.5 Å². The normalized spacial score (nSPS) is 12.3. The van der Waals surface area contributed by atoms with Crippen molar-refractivity contribution in [3.63, 3.8) is 0 Å². The molecule has 1 aromatic heterocycles. The first kappa shape index (κ1) is 20.0. The van der Waals surface area contributed by atoms with Crippen LogP contribution in [0.1, 0.15) is 21.6 Å². The van der Waals surface area contributed by atoms with Crippen LogP contribution in [0.4, 0.5) is 13.2 Å². The molecule has 0 aliphatic carbocycles. The first-order chi connectivity index (χ1) is 12.9. The van der Waals surface area contributed by atoms with Gasteiger partial charge in [-0.1, -0.05) is 12.1 Å². The number of phenolic OH excluding ortho intramolecular Hbond substituents is 1. The average molecular weight is 379 g/mol. The fraction of sp³-hybridized carbons (Fsp3) is 0.167. The standard InChI is InChI=1S/C18H16F3N3O3/c19-18(20,21)11-24-14(6-7-22)17-12(3-2-8-23-17)10-27-16-5-1-4-15(26)13(16)9-25/h1-9,26H,10-11,22H2. The van der Waals surface area contributed by atoms with E-state index in [-0.39, 0.29) is 35.1 Å². The summed E-state index contributed by atoms with van der Waals surface area (Å²) in [6.45, 7) is -1.50. The number of halogens is 3. The van der Waals surface area contributed by atoms with Gasteiger partial charge in [0.15, 0.2) is 6.29 Å². The molecule has 0 aliphatic rings. The van der Waals surface area contributed by atoms with Crippen molar-refractivity contribution in [1.29, 1.82) is 0 Å². The number of hydrogen-bond acceptors (Lipinski definition) is 6. The van der Waals surface area contributed by atoms with E-state index in [0.29, 0.717) is 11.8 Å². The molecule has 0 saturated heterocycles. The Balaban J connectivity index is 2.32. The van der Waals surface area contributed by atoms with Crippen LogP contribution >= 0.6 is 0 Å². The molecule has 142 valence electrons. The molecule has 27 heavy (non-hydrogen) atoms. The van der Waals surface area contributed by atoms with Crippen molar-refractivity contribution >= 4 is 12.0 Å². The summed E-state index contributed by atoms with van der Waals surface area (Å²) in [7, 11) is 0. The summed E-state index contributed by atoms with van der Waals surface area (Å²) in [5, 5.41) is 9.68. The lowest BCUT2D eigenvalue weighted by Gasteiger charge is -2.12. The number of ether oxygens (including phenoxy) is 1. The largest absolute Gasteiger partial charge is 0.507 e. The van der Waals surface area contributed by atoms with E-state index >= 15 is 0 Å². The summed E-state index contributed by atoms with van der Waals surface area (Å²) < 4.78 is 43.0. The molecule has 9 heteroatoms. The summed E-state index contributed by atoms with van der Waals surface area (Å²) in [5.41, 5.74) is 5.81. The first-order valence-electron chi connectivity index (χ1n) is 7.69. The van der Waals surface area contributed by atoms with Gasteiger partial charge in [0.2, 0.25) is 0 Å². The van der Waals surface area contributed by atoms with Crippen LogP contribution in [-0.2, 0) is 6.61 Å². The number of allylic oxidation sites excluding steroid dienone is 1. The molecule has 0 atom stereocenters. The zero-order valence-corrected chi connectivity index (χ0v) is 14.0. The molecule has 0 aliphatic heterocycles. The van der Waals surface area contributed by atoms with Gasteiger partial charge >= 0.3 is 6.18 Å². The maximum Gasteiger partial charge on any atom is 0.407 e. The molecule has 0 radical (unpaired) electrons. The van der Waals surface area contributed by atoms with Crippen LogP contribution in [0.3, 0.4) is 0 Å². The van der Waals surface area contributed by atoms with Gasteiger partial charge in [-0.2, -0.15) is 13.2 Å². The van der Waals surface area contributed by atoms with Crippen molar-refractivity contribution in [3.8, 4) is 11.5 Å². The molecule has 2 aromatic rings. The maximum atomic E-state index is 12.5. The maximum absolute atomic E-state index is 12.5. The quantitative estimate of drug-likeness (QED) is 0.569. The van der Waals surface area contributed by atoms with E-state index in [1.807, 2.05) is 0 Å². The first-order valence-corrected chi connectivity index (χ1v) is 7.69. The Bertz CT molecular complexity index is 864. The number of aromatic hydroxyl groups is 1. The fourth-order valence-corrected chi connectivity index (χ4v) is 2.19. The Hall–Kier alpha value is -3.36. The van der Waals surface area contributed by atoms with Crippen molar-refractivity contribution in [1.82, 2.24) is 4.98 Å². The zero-order chi connectivity index (χ0) is 19.9. The Morgan fingerprint density at radius 3 is 2.74 bits per heavy atom. The molecule has 6 nitrogen and oxygen atoms in total. The van der Waals surface area contributed by atoms with E-state index in [2.05, 4.69) is 9.98 Å². The van der Waals surface area contributed by atoms with Crippen molar-refractivity contribution in [2.24, 2.45) is 10.7 Å². The Labute approximate surface area is 152 Å². The molecule has 2 rings (SSSR count). The second-order valence-electron chi connectivity index (χ2n) is 5.28. The third-order valence-corrected chi connectivity index (χ3v) is 3.36. The lowest BCUT2D eigenvalue weighted by molar-refractivity contribution is -0.118. The number of carbonyl (C=O) groups is 1. The van der Waals surface area contributed by atoms with Crippen LogP contribution in [0.15, 0.2) is 53.8 Å². The molecular weight excluding hydrogens is 363 g/mol. The number of aromatic nitrogens is 1. The average Bonchev–Trinajstić information content (AvgIpc) is 2.63. The van der Waals surface area contributed by atoms with Crippen LogP contribution in [0.5, 0.6) is 11.5 Å². The SMILES string of the molecule is NC=CC(=NCC(F)(F)F)c1ncccc1COc1cccc(O)c1C=O. The van der Waals surface area contributed by atoms with Gasteiger partial charge in [-0.05, 0) is 30.5 Å². The molecule has 1 heterocycles. The van der Waals surface area contributed by atoms with Gasteiger partial charge in [0.05, 0.1) is 17.0 Å². The van der Waals surface area contributed by atoms with Crippen molar-refractivity contribution in [2.45, 2.75) is 12.8 Å². The number of aldehydes is 1. The van der Waals surface area contributed by atoms with Gasteiger partial charge in [-0.25, -0.2) is 0 Å². The summed E-state index contributed by atoms with van der Waals surface area (Å²) in [6.07, 6.45) is -0.351. The number of nitrogens with zero attached hydrogens (tertiary/aromatic N) is 2. The monoisotopic (exact) mass is 379 g/mol. The zero-order valence-electron chi connectivity index (χ0n) is 14.0. The number of benzene rings is 1. The van der Waals surface area contributed by atoms with E-state index < -0.39 is 12.7 Å². The highest BCUT2D eigenvalue weighted by atomic mass is 19.4. The molecule has 0 amide bonds. The topological polar surface area (TPSA) is 97.8 Å². The van der Waals surface area contributed by atoms with Crippen LogP contribution in [-0.4, -0.2) is 34.8 Å². The molecule has 0 saturated carbocycles. The van der Waals surface area contributed by atoms with E-state index in [1.165, 1.54) is 30.5 Å². The number of alkyl halides is 3. The minimum Gasteiger partial charge on any atom is -0.507 e. The summed E-state index contributed by atoms with van der Waals surface area (Å²) >= 11 is 0. The Morgan fingerprint density at radius 2 is 2.07 bits per heavy atom. The lowest BCUT2D eigenvalue weighted by Crippen LogP contribution is -2.16. The second-order valence-corrected chi connectivity index (χ2v) is 5.28. The van der Waals surface area contributed by atoms with Gasteiger partial charge in [0, 0.05) is 11.8 Å². The van der Waals surface area contributed by atoms with E-state index in [0.717, 1.165) is 6.20 Å². The van der Waals surface area contributed by atoms with Gasteiger partial charge in [0.1, 0.15) is 24.7 Å². The molecule has 0 spiro atoms. The van der Waals surface area contributed by atoms with Gasteiger partial charge in [-0.3, -0.25) is 14.8 Å². The molecule has 3 N–H and O–H groups in total. The highest BCUT2D eigenvalue weighted by Crippen LogP contribution is 2.26. The Morgan fingerprint density at radius 1 is 1.30 bits per heavy atom. The number of pyridine rings is 1. The second kappa shape index (κ2) is 8.84. The van der Waals surface area contributed by atoms with E-state index in [1.54, 1.807) is 12.1 Å². The minimum absolute atomic E-state index is 0.0317. The highest BCUT2D eigenvalue weighted by Gasteiger charge is 2.27. The summed E-state index contributed by atoms with van der Waals surface area (Å²) in [6, 6.07) is 7.49. The van der Waals surface area contributed by atoms with Crippen molar-refractivity contribution in [2.75, 3.05) is 6.54 Å². The highest BCUT2D eigenvalue weighted by molar-refractivity contribution is 6.08. The van der Waals surface area contributed by atoms with Crippen LogP contribution in [0.2, 0.25) is 0 Å². The molecule has 0 bridgehead atoms. The molecular formula is C18H16F3N3O3. The summed E-state index contributed by atoms with van der Waals surface area (Å²) in [5.74, 6) is -0.115. The smallest absolute Gasteiger partial charge is 0.407 e. The minimum atomic E-state index is -4.47. The van der Waals surface area contributed by atoms with Crippen molar-refractivity contribution in [3.05, 3.63) is 65.6 Å². The number of phenols is 1. The summed E-state index contributed by atoms with van der Waals surface area (Å²) in [4.78, 5) is 18.7. The molecule has 0 unspecified atom stereocenters. The molecule has 1 aromatic carbocycles. The van der Waals surface area contributed by atoms with Gasteiger partial charge in [0.25, 0.3) is 0 Å². The predicted octanol–water partition coefficient (Wildman–Crippen LogP) is 3.00. The third kappa shape index (κ3) is 5.56. The van der Waals surface area contributed by atoms with Crippen molar-refractivity contribution < 1.29 is 27.8 Å². The third-order valence-electron chi connectivity index (χ3n) is 3.36. The van der Waals surface area contributed by atoms with Crippen LogP contribution in [0.25, 0.3) is 0 Å². The number of hydrogen-bond donors (Lipinski definition) is 2. The number of carbonyl (C=O) groups excluding carboxylic acids is 1. The van der Waals surface area contributed by atoms with Gasteiger partial charge < -0.3 is 15.6 Å². The fourth-order valence-electron chi connectivity index (χ4n) is 2.19.